The second-order valence-electron chi connectivity index (χ2n) is 5.30. The highest BCUT2D eigenvalue weighted by Gasteiger charge is 2.27. The van der Waals surface area contributed by atoms with Gasteiger partial charge >= 0.3 is 0 Å². The average molecular weight is 278 g/mol. The second kappa shape index (κ2) is 6.13. The van der Waals surface area contributed by atoms with Crippen molar-refractivity contribution >= 4 is 11.6 Å². The van der Waals surface area contributed by atoms with E-state index in [9.17, 15) is 4.79 Å². The molecule has 1 aromatic carbocycles. The molecule has 5 nitrogen and oxygen atoms in total. The number of hydrogen-bond acceptors (Lipinski definition) is 4. The molecule has 0 radical (unpaired) electrons. The highest BCUT2D eigenvalue weighted by atomic mass is 16.5. The van der Waals surface area contributed by atoms with Crippen LogP contribution in [0.3, 0.4) is 0 Å². The van der Waals surface area contributed by atoms with E-state index in [0.29, 0.717) is 17.0 Å². The molecule has 0 saturated carbocycles. The van der Waals surface area contributed by atoms with Gasteiger partial charge in [-0.25, -0.2) is 0 Å². The molecule has 2 atom stereocenters. The molecular formula is C15H22N2O3. The number of carbonyl (C=O) groups excluding carboxylic acids is 1. The molecule has 5 heteroatoms. The second-order valence-corrected chi connectivity index (χ2v) is 5.30. The van der Waals surface area contributed by atoms with Crippen molar-refractivity contribution in [2.24, 2.45) is 0 Å². The number of ether oxygens (including phenoxy) is 2. The zero-order valence-electron chi connectivity index (χ0n) is 12.2. The first-order valence-corrected chi connectivity index (χ1v) is 6.93. The number of nitrogens with one attached hydrogen (secondary N) is 1. The van der Waals surface area contributed by atoms with Crippen LogP contribution < -0.4 is 15.8 Å². The minimum Gasteiger partial charge on any atom is -0.489 e. The summed E-state index contributed by atoms with van der Waals surface area (Å²) in [5.41, 5.74) is 6.88. The van der Waals surface area contributed by atoms with Gasteiger partial charge < -0.3 is 20.5 Å². The van der Waals surface area contributed by atoms with E-state index in [1.54, 1.807) is 25.2 Å². The predicted octanol–water partition coefficient (Wildman–Crippen LogP) is 1.96. The Bertz CT molecular complexity index is 480. The normalized spacial score (nSPS) is 26.1. The molecule has 3 N–H and O–H groups in total. The van der Waals surface area contributed by atoms with Crippen LogP contribution in [-0.2, 0) is 4.74 Å². The predicted molar refractivity (Wildman–Crippen MR) is 77.9 cm³/mol. The van der Waals surface area contributed by atoms with Gasteiger partial charge in [0.15, 0.2) is 0 Å². The van der Waals surface area contributed by atoms with E-state index < -0.39 is 0 Å². The largest absolute Gasteiger partial charge is 0.489 e. The number of benzene rings is 1. The average Bonchev–Trinajstić information content (AvgIpc) is 2.37. The van der Waals surface area contributed by atoms with Crippen LogP contribution in [0.5, 0.6) is 5.75 Å². The van der Waals surface area contributed by atoms with Crippen molar-refractivity contribution in [2.45, 2.75) is 45.0 Å². The van der Waals surface area contributed by atoms with Crippen molar-refractivity contribution in [2.75, 3.05) is 12.8 Å². The Hall–Kier alpha value is -1.75. The quantitative estimate of drug-likeness (QED) is 0.829. The summed E-state index contributed by atoms with van der Waals surface area (Å²) in [5.74, 6) is 0.365. The molecule has 0 bridgehead atoms. The standard InChI is InChI=1S/C15H22N2O3/c1-9-6-12(7-10(2)19-9)20-14-8-11(16)4-5-13(14)15(18)17-3/h4-5,8-10,12H,6-7,16H2,1-3H3,(H,17,18). The Labute approximate surface area is 119 Å². The minimum atomic E-state index is -0.173. The summed E-state index contributed by atoms with van der Waals surface area (Å²) in [4.78, 5) is 11.9. The first-order valence-electron chi connectivity index (χ1n) is 6.93. The summed E-state index contributed by atoms with van der Waals surface area (Å²) in [6.45, 7) is 4.07. The number of anilines is 1. The van der Waals surface area contributed by atoms with Gasteiger partial charge in [-0.15, -0.1) is 0 Å². The van der Waals surface area contributed by atoms with Gasteiger partial charge in [-0.2, -0.15) is 0 Å². The molecule has 110 valence electrons. The third-order valence-electron chi connectivity index (χ3n) is 3.43. The first-order chi connectivity index (χ1) is 9.49. The molecule has 0 aliphatic carbocycles. The smallest absolute Gasteiger partial charge is 0.254 e. The van der Waals surface area contributed by atoms with Crippen LogP contribution in [-0.4, -0.2) is 31.3 Å². The van der Waals surface area contributed by atoms with Crippen LogP contribution in [0.15, 0.2) is 18.2 Å². The van der Waals surface area contributed by atoms with Gasteiger partial charge in [0.2, 0.25) is 0 Å². The molecule has 2 rings (SSSR count). The van der Waals surface area contributed by atoms with Gasteiger partial charge in [-0.05, 0) is 26.0 Å². The van der Waals surface area contributed by atoms with Gasteiger partial charge in [-0.1, -0.05) is 0 Å². The monoisotopic (exact) mass is 278 g/mol. The van der Waals surface area contributed by atoms with Gasteiger partial charge in [-0.3, -0.25) is 4.79 Å². The van der Waals surface area contributed by atoms with Crippen molar-refractivity contribution in [3.63, 3.8) is 0 Å². The number of nitrogen functional groups attached to an aromatic ring is 1. The highest BCUT2D eigenvalue weighted by Crippen LogP contribution is 2.28. The topological polar surface area (TPSA) is 73.6 Å². The number of amides is 1. The van der Waals surface area contributed by atoms with E-state index in [0.717, 1.165) is 12.8 Å². The lowest BCUT2D eigenvalue weighted by molar-refractivity contribution is -0.0722. The molecule has 1 amide bonds. The molecule has 1 aliphatic heterocycles. The molecule has 2 unspecified atom stereocenters. The van der Waals surface area contributed by atoms with Gasteiger partial charge in [0, 0.05) is 31.6 Å². The SMILES string of the molecule is CNC(=O)c1ccc(N)cc1OC1CC(C)OC(C)C1. The molecule has 0 aromatic heterocycles. The van der Waals surface area contributed by atoms with Crippen LogP contribution in [0.25, 0.3) is 0 Å². The zero-order chi connectivity index (χ0) is 14.7. The Kier molecular flexibility index (Phi) is 4.49. The van der Waals surface area contributed by atoms with Crippen LogP contribution in [0, 0.1) is 0 Å². The molecule has 1 fully saturated rings. The molecule has 20 heavy (non-hydrogen) atoms. The fourth-order valence-corrected chi connectivity index (χ4v) is 2.58. The van der Waals surface area contributed by atoms with Gasteiger partial charge in [0.25, 0.3) is 5.91 Å². The van der Waals surface area contributed by atoms with Crippen molar-refractivity contribution in [1.82, 2.24) is 5.32 Å². The summed E-state index contributed by atoms with van der Waals surface area (Å²) < 4.78 is 11.7. The summed E-state index contributed by atoms with van der Waals surface area (Å²) in [6, 6.07) is 5.09. The fourth-order valence-electron chi connectivity index (χ4n) is 2.58. The molecule has 1 heterocycles. The van der Waals surface area contributed by atoms with Gasteiger partial charge in [0.05, 0.1) is 17.8 Å². The Morgan fingerprint density at radius 2 is 2.00 bits per heavy atom. The number of rotatable bonds is 3. The summed E-state index contributed by atoms with van der Waals surface area (Å²) >= 11 is 0. The van der Waals surface area contributed by atoms with E-state index in [1.165, 1.54) is 0 Å². The summed E-state index contributed by atoms with van der Waals surface area (Å²) in [7, 11) is 1.60. The summed E-state index contributed by atoms with van der Waals surface area (Å²) in [5, 5.41) is 2.61. The lowest BCUT2D eigenvalue weighted by Gasteiger charge is -2.32. The highest BCUT2D eigenvalue weighted by molar-refractivity contribution is 5.97. The van der Waals surface area contributed by atoms with E-state index in [1.807, 2.05) is 13.8 Å². The molecule has 1 saturated heterocycles. The van der Waals surface area contributed by atoms with E-state index in [4.69, 9.17) is 15.2 Å². The minimum absolute atomic E-state index is 0.0407. The van der Waals surface area contributed by atoms with E-state index >= 15 is 0 Å². The maximum atomic E-state index is 11.9. The van der Waals surface area contributed by atoms with Crippen LogP contribution in [0.4, 0.5) is 5.69 Å². The lowest BCUT2D eigenvalue weighted by atomic mass is 10.0. The molecular weight excluding hydrogens is 256 g/mol. The van der Waals surface area contributed by atoms with Crippen molar-refractivity contribution in [3.05, 3.63) is 23.8 Å². The van der Waals surface area contributed by atoms with Crippen LogP contribution in [0.2, 0.25) is 0 Å². The maximum absolute atomic E-state index is 11.9. The Morgan fingerprint density at radius 3 is 2.60 bits per heavy atom. The molecule has 1 aromatic rings. The van der Waals surface area contributed by atoms with Gasteiger partial charge in [0.1, 0.15) is 11.9 Å². The van der Waals surface area contributed by atoms with Crippen LogP contribution in [0.1, 0.15) is 37.0 Å². The van der Waals surface area contributed by atoms with E-state index in [2.05, 4.69) is 5.32 Å². The maximum Gasteiger partial charge on any atom is 0.254 e. The Morgan fingerprint density at radius 1 is 1.35 bits per heavy atom. The van der Waals surface area contributed by atoms with Crippen LogP contribution >= 0.6 is 0 Å². The van der Waals surface area contributed by atoms with E-state index in [-0.39, 0.29) is 24.2 Å². The number of hydrogen-bond donors (Lipinski definition) is 2. The lowest BCUT2D eigenvalue weighted by Crippen LogP contribution is -2.36. The van der Waals surface area contributed by atoms with Crippen molar-refractivity contribution < 1.29 is 14.3 Å². The molecule has 0 spiro atoms. The molecule has 1 aliphatic rings. The van der Waals surface area contributed by atoms with Crippen molar-refractivity contribution in [3.8, 4) is 5.75 Å². The zero-order valence-corrected chi connectivity index (χ0v) is 12.2. The summed E-state index contributed by atoms with van der Waals surface area (Å²) in [6.07, 6.45) is 1.99. The number of nitrogens with two attached hydrogens (primary N) is 1. The van der Waals surface area contributed by atoms with Crippen molar-refractivity contribution in [1.29, 1.82) is 0 Å². The third kappa shape index (κ3) is 3.42. The number of carbonyl (C=O) groups is 1. The third-order valence-corrected chi connectivity index (χ3v) is 3.43. The fraction of sp³-hybridized carbons (Fsp3) is 0.533. The first kappa shape index (κ1) is 14.7. The Balaban J connectivity index is 2.19.